The topological polar surface area (TPSA) is 42.7 Å². The standard InChI is InChI=1S/C18H17FN4S/c1-10-8-11(2)21-18-14(10)15-16(24-18)17(22-23(15)3)20-9-12-4-6-13(19)7-5-12/h4-8H,9H2,1-3H3,(H,20,22). The van der Waals surface area contributed by atoms with Crippen molar-refractivity contribution in [2.24, 2.45) is 7.05 Å². The SMILES string of the molecule is Cc1cc(C)c2c(n1)sc1c(NCc3ccc(F)cc3)nn(C)c12. The van der Waals surface area contributed by atoms with Gasteiger partial charge in [0.25, 0.3) is 0 Å². The lowest BCUT2D eigenvalue weighted by Gasteiger charge is -2.03. The molecule has 0 atom stereocenters. The minimum absolute atomic E-state index is 0.222. The van der Waals surface area contributed by atoms with Crippen molar-refractivity contribution >= 4 is 37.6 Å². The van der Waals surface area contributed by atoms with Crippen LogP contribution in [0.4, 0.5) is 10.2 Å². The molecule has 122 valence electrons. The number of halogens is 1. The van der Waals surface area contributed by atoms with E-state index in [1.165, 1.54) is 23.1 Å². The summed E-state index contributed by atoms with van der Waals surface area (Å²) in [5.74, 6) is 0.622. The van der Waals surface area contributed by atoms with Crippen LogP contribution >= 0.6 is 11.3 Å². The van der Waals surface area contributed by atoms with Crippen LogP contribution in [0.2, 0.25) is 0 Å². The second-order valence-electron chi connectivity index (χ2n) is 5.99. The molecule has 1 N–H and O–H groups in total. The van der Waals surface area contributed by atoms with Gasteiger partial charge in [0, 0.05) is 24.7 Å². The van der Waals surface area contributed by atoms with Crippen LogP contribution in [0, 0.1) is 19.7 Å². The van der Waals surface area contributed by atoms with Crippen LogP contribution < -0.4 is 5.32 Å². The molecule has 1 aromatic carbocycles. The van der Waals surface area contributed by atoms with E-state index in [-0.39, 0.29) is 5.82 Å². The zero-order valence-electron chi connectivity index (χ0n) is 13.7. The number of anilines is 1. The fourth-order valence-electron chi connectivity index (χ4n) is 3.04. The zero-order valence-corrected chi connectivity index (χ0v) is 14.5. The summed E-state index contributed by atoms with van der Waals surface area (Å²) in [6, 6.07) is 8.61. The van der Waals surface area contributed by atoms with E-state index in [1.807, 2.05) is 18.7 Å². The van der Waals surface area contributed by atoms with Gasteiger partial charge in [-0.2, -0.15) is 5.10 Å². The molecule has 3 aromatic heterocycles. The van der Waals surface area contributed by atoms with Gasteiger partial charge in [-0.3, -0.25) is 4.68 Å². The first-order valence-corrected chi connectivity index (χ1v) is 8.56. The Hall–Kier alpha value is -2.47. The Bertz CT molecular complexity index is 1050. The van der Waals surface area contributed by atoms with Crippen molar-refractivity contribution in [1.29, 1.82) is 0 Å². The van der Waals surface area contributed by atoms with Crippen molar-refractivity contribution in [2.75, 3.05) is 5.32 Å². The summed E-state index contributed by atoms with van der Waals surface area (Å²) in [7, 11) is 1.96. The molecule has 0 spiro atoms. The monoisotopic (exact) mass is 340 g/mol. The second-order valence-corrected chi connectivity index (χ2v) is 6.99. The average molecular weight is 340 g/mol. The number of rotatable bonds is 3. The predicted octanol–water partition coefficient (Wildman–Crippen LogP) is 4.55. The maximum absolute atomic E-state index is 13.0. The number of hydrogen-bond acceptors (Lipinski definition) is 4. The van der Waals surface area contributed by atoms with Gasteiger partial charge in [-0.05, 0) is 43.2 Å². The van der Waals surface area contributed by atoms with Crippen molar-refractivity contribution < 1.29 is 4.39 Å². The van der Waals surface area contributed by atoms with E-state index in [1.54, 1.807) is 23.5 Å². The third-order valence-electron chi connectivity index (χ3n) is 4.12. The average Bonchev–Trinajstić information content (AvgIpc) is 3.05. The van der Waals surface area contributed by atoms with Crippen LogP contribution in [0.15, 0.2) is 30.3 Å². The van der Waals surface area contributed by atoms with Gasteiger partial charge in [0.15, 0.2) is 5.82 Å². The van der Waals surface area contributed by atoms with Gasteiger partial charge in [-0.1, -0.05) is 12.1 Å². The highest BCUT2D eigenvalue weighted by Gasteiger charge is 2.17. The maximum Gasteiger partial charge on any atom is 0.166 e. The number of pyridine rings is 1. The summed E-state index contributed by atoms with van der Waals surface area (Å²) in [6.45, 7) is 4.73. The quantitative estimate of drug-likeness (QED) is 0.595. The zero-order chi connectivity index (χ0) is 16.8. The molecule has 3 heterocycles. The largest absolute Gasteiger partial charge is 0.363 e. The Balaban J connectivity index is 1.76. The highest BCUT2D eigenvalue weighted by Crippen LogP contribution is 2.38. The summed E-state index contributed by atoms with van der Waals surface area (Å²) < 4.78 is 16.0. The van der Waals surface area contributed by atoms with Crippen LogP contribution in [-0.4, -0.2) is 14.8 Å². The van der Waals surface area contributed by atoms with E-state index in [4.69, 9.17) is 0 Å². The van der Waals surface area contributed by atoms with Crippen LogP contribution in [0.25, 0.3) is 20.4 Å². The lowest BCUT2D eigenvalue weighted by atomic mass is 10.1. The second kappa shape index (κ2) is 5.56. The number of aromatic nitrogens is 3. The summed E-state index contributed by atoms with van der Waals surface area (Å²) in [5.41, 5.74) is 4.38. The van der Waals surface area contributed by atoms with E-state index in [2.05, 4.69) is 28.4 Å². The fraction of sp³-hybridized carbons (Fsp3) is 0.222. The summed E-state index contributed by atoms with van der Waals surface area (Å²) in [6.07, 6.45) is 0. The van der Waals surface area contributed by atoms with E-state index < -0.39 is 0 Å². The number of nitrogens with one attached hydrogen (secondary N) is 1. The first-order chi connectivity index (χ1) is 11.5. The van der Waals surface area contributed by atoms with Crippen molar-refractivity contribution in [1.82, 2.24) is 14.8 Å². The predicted molar refractivity (Wildman–Crippen MR) is 97.1 cm³/mol. The van der Waals surface area contributed by atoms with Crippen LogP contribution in [0.3, 0.4) is 0 Å². The number of nitrogens with zero attached hydrogens (tertiary/aromatic N) is 3. The smallest absolute Gasteiger partial charge is 0.166 e. The van der Waals surface area contributed by atoms with Crippen molar-refractivity contribution in [3.05, 3.63) is 53.0 Å². The lowest BCUT2D eigenvalue weighted by Crippen LogP contribution is -2.01. The summed E-state index contributed by atoms with van der Waals surface area (Å²) in [5, 5.41) is 9.15. The molecule has 24 heavy (non-hydrogen) atoms. The van der Waals surface area contributed by atoms with Crippen molar-refractivity contribution in [2.45, 2.75) is 20.4 Å². The van der Waals surface area contributed by atoms with Crippen LogP contribution in [0.1, 0.15) is 16.8 Å². The number of benzene rings is 1. The highest BCUT2D eigenvalue weighted by atomic mass is 32.1. The van der Waals surface area contributed by atoms with E-state index in [0.717, 1.165) is 32.1 Å². The molecule has 0 amide bonds. The first-order valence-electron chi connectivity index (χ1n) is 7.74. The minimum Gasteiger partial charge on any atom is -0.363 e. The molecule has 0 bridgehead atoms. The number of aryl methyl sites for hydroxylation is 3. The normalized spacial score (nSPS) is 11.5. The first kappa shape index (κ1) is 15.1. The lowest BCUT2D eigenvalue weighted by molar-refractivity contribution is 0.627. The van der Waals surface area contributed by atoms with Crippen molar-refractivity contribution in [3.8, 4) is 0 Å². The minimum atomic E-state index is -0.222. The Morgan fingerprint density at radius 2 is 1.96 bits per heavy atom. The molecule has 4 aromatic rings. The Kier molecular flexibility index (Phi) is 3.49. The number of thiophene rings is 1. The molecule has 0 radical (unpaired) electrons. The Morgan fingerprint density at radius 3 is 2.71 bits per heavy atom. The molecule has 4 rings (SSSR count). The van der Waals surface area contributed by atoms with Gasteiger partial charge in [-0.25, -0.2) is 9.37 Å². The molecule has 6 heteroatoms. The molecule has 0 aliphatic heterocycles. The Morgan fingerprint density at radius 1 is 1.21 bits per heavy atom. The molecule has 0 aliphatic rings. The number of hydrogen-bond donors (Lipinski definition) is 1. The van der Waals surface area contributed by atoms with Crippen LogP contribution in [-0.2, 0) is 13.6 Å². The van der Waals surface area contributed by atoms with Gasteiger partial charge in [-0.15, -0.1) is 11.3 Å². The fourth-order valence-corrected chi connectivity index (χ4v) is 4.32. The third kappa shape index (κ3) is 2.43. The van der Waals surface area contributed by atoms with Gasteiger partial charge in [0.2, 0.25) is 0 Å². The number of fused-ring (bicyclic) bond motifs is 3. The van der Waals surface area contributed by atoms with Gasteiger partial charge >= 0.3 is 0 Å². The van der Waals surface area contributed by atoms with Gasteiger partial charge in [0.1, 0.15) is 10.6 Å². The molecule has 0 fully saturated rings. The van der Waals surface area contributed by atoms with Gasteiger partial charge in [0.05, 0.1) is 10.2 Å². The summed E-state index contributed by atoms with van der Waals surface area (Å²) >= 11 is 1.66. The molecule has 0 saturated carbocycles. The third-order valence-corrected chi connectivity index (χ3v) is 5.20. The molecular formula is C18H17FN4S. The maximum atomic E-state index is 13.0. The van der Waals surface area contributed by atoms with Crippen molar-refractivity contribution in [3.63, 3.8) is 0 Å². The highest BCUT2D eigenvalue weighted by molar-refractivity contribution is 7.26. The summed E-state index contributed by atoms with van der Waals surface area (Å²) in [4.78, 5) is 5.71. The Labute approximate surface area is 142 Å². The van der Waals surface area contributed by atoms with Crippen LogP contribution in [0.5, 0.6) is 0 Å². The molecule has 0 saturated heterocycles. The van der Waals surface area contributed by atoms with E-state index >= 15 is 0 Å². The molecule has 0 unspecified atom stereocenters. The molecule has 0 aliphatic carbocycles. The molecule has 4 nitrogen and oxygen atoms in total. The van der Waals surface area contributed by atoms with E-state index in [0.29, 0.717) is 6.54 Å². The molecular weight excluding hydrogens is 323 g/mol. The van der Waals surface area contributed by atoms with Gasteiger partial charge < -0.3 is 5.32 Å². The van der Waals surface area contributed by atoms with E-state index in [9.17, 15) is 4.39 Å².